The minimum Gasteiger partial charge on any atom is -0.289 e. The van der Waals surface area contributed by atoms with Crippen LogP contribution in [0.4, 0.5) is 0 Å². The molecule has 32 heavy (non-hydrogen) atoms. The maximum Gasteiger partial charge on any atom is 0.185 e. The van der Waals surface area contributed by atoms with E-state index in [1.54, 1.807) is 12.2 Å². The van der Waals surface area contributed by atoms with Gasteiger partial charge in [0.15, 0.2) is 11.6 Å². The van der Waals surface area contributed by atoms with Crippen molar-refractivity contribution >= 4 is 11.6 Å². The largest absolute Gasteiger partial charge is 0.289 e. The van der Waals surface area contributed by atoms with Crippen LogP contribution in [0.3, 0.4) is 0 Å². The van der Waals surface area contributed by atoms with Gasteiger partial charge in [-0.05, 0) is 36.8 Å². The van der Waals surface area contributed by atoms with E-state index in [1.807, 2.05) is 97.1 Å². The van der Waals surface area contributed by atoms with E-state index in [4.69, 9.17) is 0 Å². The minimum absolute atomic E-state index is 0.0727. The third-order valence-electron chi connectivity index (χ3n) is 5.13. The first-order valence-electron chi connectivity index (χ1n) is 10.9. The molecular weight excluding hydrogens is 392 g/mol. The first-order valence-corrected chi connectivity index (χ1v) is 10.9. The van der Waals surface area contributed by atoms with Gasteiger partial charge in [-0.2, -0.15) is 0 Å². The normalized spacial score (nSPS) is 19.1. The van der Waals surface area contributed by atoms with Crippen molar-refractivity contribution in [2.45, 2.75) is 12.8 Å². The number of ketones is 2. The number of hydrogen-bond donors (Lipinski definition) is 0. The van der Waals surface area contributed by atoms with Gasteiger partial charge in [0.1, 0.15) is 0 Å². The second kappa shape index (κ2) is 12.8. The molecule has 0 saturated carbocycles. The van der Waals surface area contributed by atoms with Gasteiger partial charge in [-0.25, -0.2) is 0 Å². The lowest BCUT2D eigenvalue weighted by Gasteiger charge is -2.06. The summed E-state index contributed by atoms with van der Waals surface area (Å²) in [5.41, 5.74) is 1.49. The lowest BCUT2D eigenvalue weighted by molar-refractivity contribution is 0.103. The number of carbonyl (C=O) groups is 2. The van der Waals surface area contributed by atoms with Gasteiger partial charge >= 0.3 is 0 Å². The van der Waals surface area contributed by atoms with Gasteiger partial charge in [0.05, 0.1) is 0 Å². The molecule has 2 unspecified atom stereocenters. The maximum absolute atomic E-state index is 11.8. The first kappa shape index (κ1) is 22.9. The Hall–Kier alpha value is -3.78. The van der Waals surface area contributed by atoms with Crippen LogP contribution in [0.5, 0.6) is 0 Å². The third-order valence-corrected chi connectivity index (χ3v) is 5.13. The molecule has 0 heterocycles. The standard InChI is InChI=1S/2C15H14O/c2*16-15(14-9-5-2-6-10-14)12-11-13-7-3-1-4-8-13/h2*1-7,9-13H,8H2. The average Bonchev–Trinajstić information content (AvgIpc) is 2.88. The summed E-state index contributed by atoms with van der Waals surface area (Å²) in [6, 6.07) is 18.7. The lowest BCUT2D eigenvalue weighted by Crippen LogP contribution is -1.97. The van der Waals surface area contributed by atoms with E-state index in [2.05, 4.69) is 24.3 Å². The summed E-state index contributed by atoms with van der Waals surface area (Å²) in [6.45, 7) is 0. The molecular formula is C30H28O2. The van der Waals surface area contributed by atoms with Crippen molar-refractivity contribution in [2.75, 3.05) is 0 Å². The van der Waals surface area contributed by atoms with Crippen LogP contribution in [0, 0.1) is 11.8 Å². The van der Waals surface area contributed by atoms with E-state index in [0.717, 1.165) is 24.0 Å². The summed E-state index contributed by atoms with van der Waals surface area (Å²) in [5, 5.41) is 0. The Balaban J connectivity index is 0.000000181. The molecule has 0 aliphatic heterocycles. The second-order valence-corrected chi connectivity index (χ2v) is 7.60. The number of allylic oxidation sites excluding steroid dienone is 12. The Bertz CT molecular complexity index is 963. The fraction of sp³-hybridized carbons (Fsp3) is 0.133. The van der Waals surface area contributed by atoms with Gasteiger partial charge in [0.2, 0.25) is 0 Å². The quantitative estimate of drug-likeness (QED) is 0.368. The molecule has 2 atom stereocenters. The van der Waals surface area contributed by atoms with E-state index < -0.39 is 0 Å². The van der Waals surface area contributed by atoms with E-state index in [9.17, 15) is 9.59 Å². The minimum atomic E-state index is 0.0727. The van der Waals surface area contributed by atoms with Crippen LogP contribution in [0.1, 0.15) is 33.6 Å². The molecule has 0 amide bonds. The molecule has 0 bridgehead atoms. The van der Waals surface area contributed by atoms with Crippen molar-refractivity contribution in [3.8, 4) is 0 Å². The molecule has 0 N–H and O–H groups in total. The molecule has 0 saturated heterocycles. The average molecular weight is 421 g/mol. The Kier molecular flexibility index (Phi) is 9.17. The molecule has 0 spiro atoms. The van der Waals surface area contributed by atoms with Crippen molar-refractivity contribution < 1.29 is 9.59 Å². The smallest absolute Gasteiger partial charge is 0.185 e. The molecule has 0 fully saturated rings. The van der Waals surface area contributed by atoms with Crippen molar-refractivity contribution in [1.29, 1.82) is 0 Å². The van der Waals surface area contributed by atoms with Crippen molar-refractivity contribution in [3.05, 3.63) is 145 Å². The number of benzene rings is 2. The zero-order chi connectivity index (χ0) is 22.4. The van der Waals surface area contributed by atoms with Crippen molar-refractivity contribution in [2.24, 2.45) is 11.8 Å². The predicted molar refractivity (Wildman–Crippen MR) is 133 cm³/mol. The van der Waals surface area contributed by atoms with Gasteiger partial charge in [0.25, 0.3) is 0 Å². The molecule has 160 valence electrons. The summed E-state index contributed by atoms with van der Waals surface area (Å²) in [6.07, 6.45) is 25.8. The van der Waals surface area contributed by atoms with Crippen LogP contribution in [0.25, 0.3) is 0 Å². The number of carbonyl (C=O) groups excluding carboxylic acids is 2. The van der Waals surface area contributed by atoms with Gasteiger partial charge in [-0.15, -0.1) is 0 Å². The highest BCUT2D eigenvalue weighted by Gasteiger charge is 2.04. The van der Waals surface area contributed by atoms with Gasteiger partial charge < -0.3 is 0 Å². The summed E-state index contributed by atoms with van der Waals surface area (Å²) in [7, 11) is 0. The van der Waals surface area contributed by atoms with E-state index in [-0.39, 0.29) is 11.6 Å². The topological polar surface area (TPSA) is 34.1 Å². The molecule has 2 aromatic carbocycles. The molecule has 2 heteroatoms. The highest BCUT2D eigenvalue weighted by Crippen LogP contribution is 2.14. The van der Waals surface area contributed by atoms with Crippen LogP contribution in [-0.4, -0.2) is 11.6 Å². The molecule has 2 aromatic rings. The Morgan fingerprint density at radius 2 is 1.00 bits per heavy atom. The van der Waals surface area contributed by atoms with Crippen LogP contribution in [0.15, 0.2) is 134 Å². The van der Waals surface area contributed by atoms with Gasteiger partial charge in [0, 0.05) is 11.1 Å². The number of rotatable bonds is 6. The number of hydrogen-bond acceptors (Lipinski definition) is 2. The molecule has 2 aliphatic rings. The first-order chi connectivity index (χ1) is 15.7. The Morgan fingerprint density at radius 1 is 0.594 bits per heavy atom. The van der Waals surface area contributed by atoms with Crippen LogP contribution in [0.2, 0.25) is 0 Å². The molecule has 0 aromatic heterocycles. The SMILES string of the molecule is O=C(C=CC1C=CC=CC1)c1ccccc1.O=C(C=CC1C=CC=CC1)c1ccccc1. The molecule has 4 rings (SSSR count). The molecule has 2 nitrogen and oxygen atoms in total. The highest BCUT2D eigenvalue weighted by atomic mass is 16.1. The summed E-state index contributed by atoms with van der Waals surface area (Å²) in [5.74, 6) is 0.863. The van der Waals surface area contributed by atoms with E-state index >= 15 is 0 Å². The summed E-state index contributed by atoms with van der Waals surface area (Å²) in [4.78, 5) is 23.5. The maximum atomic E-state index is 11.8. The summed E-state index contributed by atoms with van der Waals surface area (Å²) >= 11 is 0. The van der Waals surface area contributed by atoms with E-state index in [1.165, 1.54) is 0 Å². The zero-order valence-corrected chi connectivity index (χ0v) is 18.1. The Morgan fingerprint density at radius 3 is 1.34 bits per heavy atom. The Labute approximate surface area is 190 Å². The predicted octanol–water partition coefficient (Wildman–Crippen LogP) is 7.12. The van der Waals surface area contributed by atoms with E-state index in [0.29, 0.717) is 11.8 Å². The van der Waals surface area contributed by atoms with Crippen molar-refractivity contribution in [1.82, 2.24) is 0 Å². The van der Waals surface area contributed by atoms with Gasteiger partial charge in [-0.1, -0.05) is 121 Å². The van der Waals surface area contributed by atoms with Gasteiger partial charge in [-0.3, -0.25) is 9.59 Å². The fourth-order valence-corrected chi connectivity index (χ4v) is 3.30. The molecule has 0 radical (unpaired) electrons. The highest BCUT2D eigenvalue weighted by molar-refractivity contribution is 6.04. The molecule has 2 aliphatic carbocycles. The lowest BCUT2D eigenvalue weighted by atomic mass is 9.99. The van der Waals surface area contributed by atoms with Crippen LogP contribution < -0.4 is 0 Å². The fourth-order valence-electron chi connectivity index (χ4n) is 3.30. The third kappa shape index (κ3) is 7.81. The van der Waals surface area contributed by atoms with Crippen molar-refractivity contribution in [3.63, 3.8) is 0 Å². The summed E-state index contributed by atoms with van der Waals surface area (Å²) < 4.78 is 0. The second-order valence-electron chi connectivity index (χ2n) is 7.60. The van der Waals surface area contributed by atoms with Crippen LogP contribution >= 0.6 is 0 Å². The van der Waals surface area contributed by atoms with Crippen LogP contribution in [-0.2, 0) is 0 Å². The zero-order valence-electron chi connectivity index (χ0n) is 18.1. The monoisotopic (exact) mass is 420 g/mol.